The van der Waals surface area contributed by atoms with Gasteiger partial charge in [0.25, 0.3) is 0 Å². The Kier molecular flexibility index (Phi) is 7.76. The quantitative estimate of drug-likeness (QED) is 0.751. The number of halogens is 5. The Bertz CT molecular complexity index is 240. The van der Waals surface area contributed by atoms with E-state index in [0.717, 1.165) is 26.2 Å². The summed E-state index contributed by atoms with van der Waals surface area (Å²) in [5.74, 6) is -2.76. The van der Waals surface area contributed by atoms with Crippen molar-refractivity contribution in [3.63, 3.8) is 0 Å². The summed E-state index contributed by atoms with van der Waals surface area (Å²) < 4.78 is 56.0. The molecule has 0 radical (unpaired) electrons. The summed E-state index contributed by atoms with van der Waals surface area (Å²) in [6.07, 6.45) is -5.08. The number of nitrogens with one attached hydrogen (secondary N) is 1. The number of alkyl halides is 5. The fourth-order valence-electron chi connectivity index (χ4n) is 1.28. The topological polar surface area (TPSA) is 52.6 Å². The monoisotopic (exact) mass is 278 g/mol. The van der Waals surface area contributed by atoms with E-state index in [9.17, 15) is 22.0 Å². The fraction of sp³-hybridized carbons (Fsp3) is 0.889. The summed E-state index contributed by atoms with van der Waals surface area (Å²) in [6.45, 7) is 2.07. The smallest absolute Gasteiger partial charge is 0.475 e. The van der Waals surface area contributed by atoms with Gasteiger partial charge < -0.3 is 10.4 Å². The van der Waals surface area contributed by atoms with Gasteiger partial charge in [0.05, 0.1) is 6.04 Å². The zero-order valence-electron chi connectivity index (χ0n) is 9.51. The molecule has 18 heavy (non-hydrogen) atoms. The molecule has 9 heteroatoms. The maximum atomic E-state index is 12.1. The predicted molar refractivity (Wildman–Crippen MR) is 53.9 cm³/mol. The first-order valence-electron chi connectivity index (χ1n) is 5.19. The molecule has 1 fully saturated rings. The molecule has 0 aromatic heterocycles. The van der Waals surface area contributed by atoms with Gasteiger partial charge in [-0.2, -0.15) is 13.2 Å². The summed E-state index contributed by atoms with van der Waals surface area (Å²) in [6, 6.07) is -0.503. The molecule has 1 aliphatic rings. The van der Waals surface area contributed by atoms with E-state index in [1.165, 1.54) is 0 Å². The van der Waals surface area contributed by atoms with Crippen LogP contribution in [0.1, 0.15) is 0 Å². The van der Waals surface area contributed by atoms with Gasteiger partial charge in [-0.05, 0) is 0 Å². The second-order valence-corrected chi connectivity index (χ2v) is 3.55. The van der Waals surface area contributed by atoms with E-state index in [4.69, 9.17) is 9.90 Å². The van der Waals surface area contributed by atoms with Crippen molar-refractivity contribution >= 4 is 5.97 Å². The van der Waals surface area contributed by atoms with Crippen LogP contribution >= 0.6 is 0 Å². The van der Waals surface area contributed by atoms with Gasteiger partial charge in [-0.3, -0.25) is 4.90 Å². The predicted octanol–water partition coefficient (Wildman–Crippen LogP) is 0.832. The standard InChI is InChI=1S/C7H14F2N2.C2HF3O2/c8-5-7(6-9)11-3-1-10-2-4-11;3-2(4,5)1(6)7/h7,10H,1-6H2;(H,6,7). The highest BCUT2D eigenvalue weighted by Gasteiger charge is 2.38. The first-order chi connectivity index (χ1) is 8.32. The molecule has 0 aromatic carbocycles. The molecule has 2 N–H and O–H groups in total. The van der Waals surface area contributed by atoms with Gasteiger partial charge in [0, 0.05) is 26.2 Å². The van der Waals surface area contributed by atoms with Crippen molar-refractivity contribution in [1.29, 1.82) is 0 Å². The van der Waals surface area contributed by atoms with Gasteiger partial charge in [0.1, 0.15) is 13.3 Å². The molecule has 0 amide bonds. The van der Waals surface area contributed by atoms with Crippen molar-refractivity contribution in [3.8, 4) is 0 Å². The van der Waals surface area contributed by atoms with E-state index in [2.05, 4.69) is 5.32 Å². The maximum Gasteiger partial charge on any atom is 0.490 e. The third-order valence-electron chi connectivity index (χ3n) is 2.27. The molecule has 0 aliphatic carbocycles. The summed E-state index contributed by atoms with van der Waals surface area (Å²) >= 11 is 0. The molecule has 108 valence electrons. The van der Waals surface area contributed by atoms with Crippen LogP contribution in [0.4, 0.5) is 22.0 Å². The van der Waals surface area contributed by atoms with Crippen LogP contribution in [0, 0.1) is 0 Å². The minimum absolute atomic E-state index is 0.503. The molecule has 1 rings (SSSR count). The third kappa shape index (κ3) is 6.70. The van der Waals surface area contributed by atoms with Crippen LogP contribution in [-0.2, 0) is 4.79 Å². The van der Waals surface area contributed by atoms with Gasteiger partial charge in [-0.15, -0.1) is 0 Å². The normalized spacial score (nSPS) is 17.2. The molecule has 4 nitrogen and oxygen atoms in total. The molecular weight excluding hydrogens is 263 g/mol. The molecular formula is C9H15F5N2O2. The van der Waals surface area contributed by atoms with Crippen LogP contribution in [0.5, 0.6) is 0 Å². The molecule has 1 aliphatic heterocycles. The first-order valence-corrected chi connectivity index (χ1v) is 5.19. The number of carboxylic acid groups (broad SMARTS) is 1. The van der Waals surface area contributed by atoms with Crippen molar-refractivity contribution in [3.05, 3.63) is 0 Å². The van der Waals surface area contributed by atoms with Crippen LogP contribution in [0.15, 0.2) is 0 Å². The Labute approximate surface area is 101 Å². The minimum atomic E-state index is -5.08. The minimum Gasteiger partial charge on any atom is -0.475 e. The highest BCUT2D eigenvalue weighted by atomic mass is 19.4. The van der Waals surface area contributed by atoms with Crippen molar-refractivity contribution in [1.82, 2.24) is 10.2 Å². The average Bonchev–Trinajstić information content (AvgIpc) is 2.31. The lowest BCUT2D eigenvalue weighted by molar-refractivity contribution is -0.192. The third-order valence-corrected chi connectivity index (χ3v) is 2.27. The SMILES string of the molecule is FCC(CF)N1CCNCC1.O=C(O)C(F)(F)F. The molecule has 1 heterocycles. The van der Waals surface area contributed by atoms with Crippen molar-refractivity contribution < 1.29 is 31.9 Å². The number of rotatable bonds is 3. The lowest BCUT2D eigenvalue weighted by atomic mass is 10.2. The van der Waals surface area contributed by atoms with Gasteiger partial charge >= 0.3 is 12.1 Å². The Balaban J connectivity index is 0.000000360. The highest BCUT2D eigenvalue weighted by Crippen LogP contribution is 2.13. The van der Waals surface area contributed by atoms with E-state index in [1.807, 2.05) is 4.90 Å². The summed E-state index contributed by atoms with van der Waals surface area (Å²) in [7, 11) is 0. The number of carbonyl (C=O) groups is 1. The fourth-order valence-corrected chi connectivity index (χ4v) is 1.28. The van der Waals surface area contributed by atoms with Crippen molar-refractivity contribution in [2.75, 3.05) is 39.5 Å². The van der Waals surface area contributed by atoms with Crippen LogP contribution in [0.2, 0.25) is 0 Å². The Morgan fingerprint density at radius 3 is 1.89 bits per heavy atom. The Morgan fingerprint density at radius 2 is 1.61 bits per heavy atom. The Morgan fingerprint density at radius 1 is 1.22 bits per heavy atom. The lowest BCUT2D eigenvalue weighted by Gasteiger charge is -2.31. The van der Waals surface area contributed by atoms with Crippen molar-refractivity contribution in [2.24, 2.45) is 0 Å². The van der Waals surface area contributed by atoms with Gasteiger partial charge in [0.2, 0.25) is 0 Å². The van der Waals surface area contributed by atoms with E-state index in [-0.39, 0.29) is 0 Å². The van der Waals surface area contributed by atoms with E-state index >= 15 is 0 Å². The zero-order valence-corrected chi connectivity index (χ0v) is 9.51. The van der Waals surface area contributed by atoms with Crippen LogP contribution in [0.3, 0.4) is 0 Å². The number of nitrogens with zero attached hydrogens (tertiary/aromatic N) is 1. The molecule has 0 unspecified atom stereocenters. The molecule has 0 atom stereocenters. The van der Waals surface area contributed by atoms with Gasteiger partial charge in [-0.25, -0.2) is 13.6 Å². The second-order valence-electron chi connectivity index (χ2n) is 3.55. The molecule has 1 saturated heterocycles. The van der Waals surface area contributed by atoms with Crippen molar-refractivity contribution in [2.45, 2.75) is 12.2 Å². The largest absolute Gasteiger partial charge is 0.490 e. The highest BCUT2D eigenvalue weighted by molar-refractivity contribution is 5.73. The van der Waals surface area contributed by atoms with Crippen LogP contribution in [0.25, 0.3) is 0 Å². The molecule has 0 bridgehead atoms. The molecule has 0 spiro atoms. The number of hydrogen-bond donors (Lipinski definition) is 2. The number of carboxylic acids is 1. The van der Waals surface area contributed by atoms with E-state index in [0.29, 0.717) is 0 Å². The average molecular weight is 278 g/mol. The molecule has 0 saturated carbocycles. The summed E-state index contributed by atoms with van der Waals surface area (Å²) in [5.41, 5.74) is 0. The number of piperazine rings is 1. The summed E-state index contributed by atoms with van der Waals surface area (Å²) in [4.78, 5) is 10.8. The molecule has 0 aromatic rings. The van der Waals surface area contributed by atoms with Crippen LogP contribution in [-0.4, -0.2) is 67.7 Å². The van der Waals surface area contributed by atoms with Crippen LogP contribution < -0.4 is 5.32 Å². The number of hydrogen-bond acceptors (Lipinski definition) is 3. The number of aliphatic carboxylic acids is 1. The maximum absolute atomic E-state index is 12.1. The van der Waals surface area contributed by atoms with E-state index in [1.54, 1.807) is 0 Å². The first kappa shape index (κ1) is 17.0. The second kappa shape index (κ2) is 8.20. The van der Waals surface area contributed by atoms with Gasteiger partial charge in [-0.1, -0.05) is 0 Å². The zero-order chi connectivity index (χ0) is 14.2. The van der Waals surface area contributed by atoms with E-state index < -0.39 is 31.5 Å². The summed E-state index contributed by atoms with van der Waals surface area (Å²) in [5, 5.41) is 10.3. The van der Waals surface area contributed by atoms with Gasteiger partial charge in [0.15, 0.2) is 0 Å². The Hall–Kier alpha value is -0.960. The lowest BCUT2D eigenvalue weighted by Crippen LogP contribution is -2.50.